The number of fused-ring (bicyclic) bond motifs is 1. The van der Waals surface area contributed by atoms with E-state index in [1.54, 1.807) is 10.6 Å². The third-order valence-electron chi connectivity index (χ3n) is 3.27. The lowest BCUT2D eigenvalue weighted by Crippen LogP contribution is -2.11. The summed E-state index contributed by atoms with van der Waals surface area (Å²) in [7, 11) is 0. The number of phenols is 1. The van der Waals surface area contributed by atoms with Crippen LogP contribution in [0.5, 0.6) is 5.75 Å². The largest absolute Gasteiger partial charge is 0.505 e. The highest BCUT2D eigenvalue weighted by molar-refractivity contribution is 7.20. The van der Waals surface area contributed by atoms with Gasteiger partial charge in [-0.15, -0.1) is 5.10 Å². The zero-order valence-corrected chi connectivity index (χ0v) is 13.4. The Labute approximate surface area is 131 Å². The van der Waals surface area contributed by atoms with Gasteiger partial charge in [0.05, 0.1) is 11.9 Å². The third kappa shape index (κ3) is 2.89. The Balaban J connectivity index is 1.74. The van der Waals surface area contributed by atoms with E-state index in [0.717, 1.165) is 21.3 Å². The number of aromatic nitrogens is 3. The lowest BCUT2D eigenvalue weighted by Gasteiger charge is -2.13. The molecule has 0 bridgehead atoms. The zero-order chi connectivity index (χ0) is 15.9. The summed E-state index contributed by atoms with van der Waals surface area (Å²) in [5.41, 5.74) is 1.72. The molecule has 0 radical (unpaired) electrons. The number of imidazole rings is 1. The number of phenolic OH excluding ortho intramolecular Hbond substituents is 1. The van der Waals surface area contributed by atoms with Crippen molar-refractivity contribution in [2.75, 3.05) is 5.32 Å². The molecule has 0 atom stereocenters. The summed E-state index contributed by atoms with van der Waals surface area (Å²) in [6, 6.07) is 4.32. The first-order valence-electron chi connectivity index (χ1n) is 6.91. The minimum absolute atomic E-state index is 0.00935. The molecule has 0 aliphatic heterocycles. The smallest absolute Gasteiger partial charge is 0.214 e. The van der Waals surface area contributed by atoms with Crippen molar-refractivity contribution >= 4 is 21.4 Å². The van der Waals surface area contributed by atoms with Gasteiger partial charge in [-0.1, -0.05) is 38.2 Å². The van der Waals surface area contributed by atoms with E-state index in [0.29, 0.717) is 6.54 Å². The summed E-state index contributed by atoms with van der Waals surface area (Å²) >= 11 is 1.45. The molecule has 2 heterocycles. The number of benzene rings is 1. The molecule has 0 saturated heterocycles. The Morgan fingerprint density at radius 3 is 2.77 bits per heavy atom. The number of nitrogens with zero attached hydrogens (tertiary/aromatic N) is 3. The molecule has 0 unspecified atom stereocenters. The molecule has 0 aliphatic carbocycles. The lowest BCUT2D eigenvalue weighted by atomic mass is 9.93. The van der Waals surface area contributed by atoms with Crippen molar-refractivity contribution in [3.63, 3.8) is 0 Å². The first-order chi connectivity index (χ1) is 10.3. The van der Waals surface area contributed by atoms with Crippen LogP contribution in [0.15, 0.2) is 24.4 Å². The Hall–Kier alpha value is -2.15. The maximum absolute atomic E-state index is 13.3. The molecule has 7 heteroatoms. The van der Waals surface area contributed by atoms with Crippen molar-refractivity contribution in [2.45, 2.75) is 32.7 Å². The van der Waals surface area contributed by atoms with Gasteiger partial charge in [0.25, 0.3) is 0 Å². The van der Waals surface area contributed by atoms with Crippen molar-refractivity contribution in [3.8, 4) is 5.75 Å². The number of hydrogen-bond acceptors (Lipinski definition) is 5. The van der Waals surface area contributed by atoms with Gasteiger partial charge < -0.3 is 10.4 Å². The molecule has 0 aliphatic rings. The van der Waals surface area contributed by atoms with Crippen molar-refractivity contribution in [1.82, 2.24) is 14.6 Å². The van der Waals surface area contributed by atoms with E-state index in [9.17, 15) is 9.50 Å². The van der Waals surface area contributed by atoms with Gasteiger partial charge in [-0.05, 0) is 17.7 Å². The Kier molecular flexibility index (Phi) is 3.52. The van der Waals surface area contributed by atoms with Crippen LogP contribution < -0.4 is 5.32 Å². The highest BCUT2D eigenvalue weighted by atomic mass is 32.1. The van der Waals surface area contributed by atoms with Gasteiger partial charge in [-0.25, -0.2) is 13.9 Å². The van der Waals surface area contributed by atoms with Gasteiger partial charge in [-0.3, -0.25) is 0 Å². The van der Waals surface area contributed by atoms with Gasteiger partial charge in [-0.2, -0.15) is 0 Å². The SMILES string of the molecule is CC(C)(C)c1cn2nc(NCc3ccc(O)c(F)c3)sc2n1. The van der Waals surface area contributed by atoms with Crippen molar-refractivity contribution < 1.29 is 9.50 Å². The second-order valence-corrected chi connectivity index (χ2v) is 7.11. The van der Waals surface area contributed by atoms with Crippen LogP contribution >= 0.6 is 11.3 Å². The highest BCUT2D eigenvalue weighted by Crippen LogP contribution is 2.26. The number of rotatable bonds is 3. The van der Waals surface area contributed by atoms with Crippen molar-refractivity contribution in [3.05, 3.63) is 41.5 Å². The van der Waals surface area contributed by atoms with E-state index in [-0.39, 0.29) is 11.2 Å². The molecule has 2 aromatic heterocycles. The Morgan fingerprint density at radius 2 is 2.14 bits per heavy atom. The fourth-order valence-corrected chi connectivity index (χ4v) is 2.75. The van der Waals surface area contributed by atoms with Gasteiger partial charge in [0.15, 0.2) is 11.6 Å². The molecular formula is C15H17FN4OS. The molecule has 116 valence electrons. The summed E-state index contributed by atoms with van der Waals surface area (Å²) in [6.07, 6.45) is 1.93. The summed E-state index contributed by atoms with van der Waals surface area (Å²) in [4.78, 5) is 5.39. The van der Waals surface area contributed by atoms with Crippen LogP contribution in [-0.4, -0.2) is 19.7 Å². The van der Waals surface area contributed by atoms with E-state index in [4.69, 9.17) is 0 Å². The van der Waals surface area contributed by atoms with E-state index in [2.05, 4.69) is 36.2 Å². The summed E-state index contributed by atoms with van der Waals surface area (Å²) in [5, 5.41) is 17.4. The van der Waals surface area contributed by atoms with Crippen LogP contribution in [-0.2, 0) is 12.0 Å². The monoisotopic (exact) mass is 320 g/mol. The van der Waals surface area contributed by atoms with Crippen LogP contribution in [0, 0.1) is 5.82 Å². The highest BCUT2D eigenvalue weighted by Gasteiger charge is 2.19. The predicted molar refractivity (Wildman–Crippen MR) is 85.0 cm³/mol. The second-order valence-electron chi connectivity index (χ2n) is 6.15. The van der Waals surface area contributed by atoms with Crippen LogP contribution in [0.1, 0.15) is 32.0 Å². The molecular weight excluding hydrogens is 303 g/mol. The Morgan fingerprint density at radius 1 is 1.36 bits per heavy atom. The van der Waals surface area contributed by atoms with Gasteiger partial charge in [0.2, 0.25) is 10.1 Å². The molecule has 0 amide bonds. The van der Waals surface area contributed by atoms with E-state index in [1.165, 1.54) is 23.5 Å². The van der Waals surface area contributed by atoms with Crippen molar-refractivity contribution in [1.29, 1.82) is 0 Å². The number of nitrogens with one attached hydrogen (secondary N) is 1. The Bertz CT molecular complexity index is 787. The minimum atomic E-state index is -0.622. The zero-order valence-electron chi connectivity index (χ0n) is 12.6. The average Bonchev–Trinajstić information content (AvgIpc) is 2.97. The maximum Gasteiger partial charge on any atom is 0.214 e. The van der Waals surface area contributed by atoms with Crippen molar-refractivity contribution in [2.24, 2.45) is 0 Å². The predicted octanol–water partition coefficient (Wildman–Crippen LogP) is 3.55. The standard InChI is InChI=1S/C15H17FN4OS/c1-15(2,3)12-8-20-14(18-12)22-13(19-20)17-7-9-4-5-11(21)10(16)6-9/h4-6,8,21H,7H2,1-3H3,(H,17,19). The topological polar surface area (TPSA) is 62.5 Å². The van der Waals surface area contributed by atoms with E-state index in [1.807, 2.05) is 6.20 Å². The normalized spacial score (nSPS) is 12.0. The quantitative estimate of drug-likeness (QED) is 0.775. The molecule has 22 heavy (non-hydrogen) atoms. The van der Waals surface area contributed by atoms with E-state index >= 15 is 0 Å². The fraction of sp³-hybridized carbons (Fsp3) is 0.333. The van der Waals surface area contributed by atoms with Gasteiger partial charge in [0, 0.05) is 12.0 Å². The van der Waals surface area contributed by atoms with Crippen LogP contribution in [0.3, 0.4) is 0 Å². The number of hydrogen-bond donors (Lipinski definition) is 2. The molecule has 2 N–H and O–H groups in total. The first-order valence-corrected chi connectivity index (χ1v) is 7.72. The number of anilines is 1. The molecule has 0 fully saturated rings. The van der Waals surface area contributed by atoms with Crippen LogP contribution in [0.25, 0.3) is 4.96 Å². The molecule has 3 rings (SSSR count). The minimum Gasteiger partial charge on any atom is -0.505 e. The molecule has 1 aromatic carbocycles. The molecule has 0 saturated carbocycles. The fourth-order valence-electron chi connectivity index (χ4n) is 1.97. The van der Waals surface area contributed by atoms with Gasteiger partial charge in [0.1, 0.15) is 0 Å². The first kappa shape index (κ1) is 14.8. The third-order valence-corrected chi connectivity index (χ3v) is 4.15. The van der Waals surface area contributed by atoms with Gasteiger partial charge >= 0.3 is 0 Å². The molecule has 5 nitrogen and oxygen atoms in total. The number of aromatic hydroxyl groups is 1. The summed E-state index contributed by atoms with van der Waals surface area (Å²) < 4.78 is 15.0. The molecule has 0 spiro atoms. The maximum atomic E-state index is 13.3. The van der Waals surface area contributed by atoms with E-state index < -0.39 is 5.82 Å². The summed E-state index contributed by atoms with van der Waals surface area (Å²) in [6.45, 7) is 6.76. The summed E-state index contributed by atoms with van der Waals surface area (Å²) in [5.74, 6) is -0.964. The second kappa shape index (κ2) is 5.24. The van der Waals surface area contributed by atoms with Crippen LogP contribution in [0.4, 0.5) is 9.52 Å². The van der Waals surface area contributed by atoms with Crippen LogP contribution in [0.2, 0.25) is 0 Å². The lowest BCUT2D eigenvalue weighted by molar-refractivity contribution is 0.432. The average molecular weight is 320 g/mol. The number of halogens is 1. The molecule has 3 aromatic rings.